The summed E-state index contributed by atoms with van der Waals surface area (Å²) in [7, 11) is 1.69. The molecule has 32 heavy (non-hydrogen) atoms. The Balaban J connectivity index is 1.43. The van der Waals surface area contributed by atoms with Crippen LogP contribution in [0.25, 0.3) is 0 Å². The van der Waals surface area contributed by atoms with Gasteiger partial charge in [-0.05, 0) is 30.3 Å². The van der Waals surface area contributed by atoms with Gasteiger partial charge in [-0.25, -0.2) is 0 Å². The molecule has 1 heterocycles. The molecule has 3 aromatic carbocycles. The quantitative estimate of drug-likeness (QED) is 0.554. The third kappa shape index (κ3) is 4.96. The van der Waals surface area contributed by atoms with Gasteiger partial charge in [0.05, 0.1) is 18.2 Å². The highest BCUT2D eigenvalue weighted by molar-refractivity contribution is 7.99. The van der Waals surface area contributed by atoms with Crippen molar-refractivity contribution in [2.75, 3.05) is 33.3 Å². The van der Waals surface area contributed by atoms with Crippen molar-refractivity contribution < 1.29 is 9.53 Å². The molecule has 0 aliphatic carbocycles. The number of amides is 1. The number of benzene rings is 3. The molecule has 0 radical (unpaired) electrons. The van der Waals surface area contributed by atoms with Crippen LogP contribution in [-0.4, -0.2) is 49.0 Å². The molecule has 0 spiro atoms. The lowest BCUT2D eigenvalue weighted by Gasteiger charge is -2.35. The minimum absolute atomic E-state index is 0.0412. The summed E-state index contributed by atoms with van der Waals surface area (Å²) in [6, 6.07) is 25.4. The van der Waals surface area contributed by atoms with E-state index in [-0.39, 0.29) is 5.91 Å². The van der Waals surface area contributed by atoms with Crippen molar-refractivity contribution >= 4 is 17.7 Å². The lowest BCUT2D eigenvalue weighted by molar-refractivity contribution is 0.0624. The Bertz CT molecular complexity index is 1130. The zero-order valence-electron chi connectivity index (χ0n) is 18.0. The zero-order chi connectivity index (χ0) is 22.3. The molecule has 4 rings (SSSR count). The second kappa shape index (κ2) is 10.4. The van der Waals surface area contributed by atoms with Crippen LogP contribution in [0.3, 0.4) is 0 Å². The molecule has 0 saturated carbocycles. The lowest BCUT2D eigenvalue weighted by Crippen LogP contribution is -2.48. The molecule has 162 valence electrons. The number of hydrogen-bond acceptors (Lipinski definition) is 5. The van der Waals surface area contributed by atoms with Gasteiger partial charge in [0.25, 0.3) is 5.91 Å². The molecule has 3 aromatic rings. The smallest absolute Gasteiger partial charge is 0.255 e. The van der Waals surface area contributed by atoms with Crippen LogP contribution in [0.5, 0.6) is 5.75 Å². The number of piperazine rings is 1. The van der Waals surface area contributed by atoms with E-state index in [1.165, 1.54) is 11.8 Å². The van der Waals surface area contributed by atoms with E-state index >= 15 is 0 Å². The fourth-order valence-electron chi connectivity index (χ4n) is 3.85. The van der Waals surface area contributed by atoms with E-state index in [9.17, 15) is 10.1 Å². The van der Waals surface area contributed by atoms with E-state index in [0.29, 0.717) is 24.2 Å². The van der Waals surface area contributed by atoms with Gasteiger partial charge in [-0.2, -0.15) is 5.26 Å². The van der Waals surface area contributed by atoms with E-state index in [1.54, 1.807) is 13.2 Å². The highest BCUT2D eigenvalue weighted by Gasteiger charge is 2.24. The normalized spacial score (nSPS) is 14.1. The second-order valence-corrected chi connectivity index (χ2v) is 8.67. The van der Waals surface area contributed by atoms with Crippen LogP contribution in [0.2, 0.25) is 0 Å². The highest BCUT2D eigenvalue weighted by atomic mass is 32.2. The van der Waals surface area contributed by atoms with Gasteiger partial charge in [-0.1, -0.05) is 54.2 Å². The van der Waals surface area contributed by atoms with Crippen molar-refractivity contribution in [1.29, 1.82) is 5.26 Å². The number of methoxy groups -OCH3 is 1. The van der Waals surface area contributed by atoms with Crippen LogP contribution >= 0.6 is 11.8 Å². The first-order valence-corrected chi connectivity index (χ1v) is 11.4. The second-order valence-electron chi connectivity index (χ2n) is 7.59. The summed E-state index contributed by atoms with van der Waals surface area (Å²) >= 11 is 1.47. The number of carbonyl (C=O) groups is 1. The van der Waals surface area contributed by atoms with E-state index in [1.807, 2.05) is 65.6 Å². The summed E-state index contributed by atoms with van der Waals surface area (Å²) in [6.45, 7) is 3.81. The molecule has 0 bridgehead atoms. The van der Waals surface area contributed by atoms with Crippen molar-refractivity contribution in [1.82, 2.24) is 9.80 Å². The summed E-state index contributed by atoms with van der Waals surface area (Å²) in [5.74, 6) is 0.939. The van der Waals surface area contributed by atoms with Crippen molar-refractivity contribution in [3.63, 3.8) is 0 Å². The van der Waals surface area contributed by atoms with Gasteiger partial charge in [-0.15, -0.1) is 0 Å². The molecule has 1 saturated heterocycles. The molecule has 0 N–H and O–H groups in total. The average Bonchev–Trinajstić information content (AvgIpc) is 2.85. The van der Waals surface area contributed by atoms with Crippen LogP contribution < -0.4 is 4.74 Å². The van der Waals surface area contributed by atoms with E-state index < -0.39 is 0 Å². The van der Waals surface area contributed by atoms with Gasteiger partial charge >= 0.3 is 0 Å². The monoisotopic (exact) mass is 443 g/mol. The molecule has 1 aliphatic heterocycles. The third-order valence-electron chi connectivity index (χ3n) is 5.59. The molecule has 1 amide bonds. The van der Waals surface area contributed by atoms with E-state index in [0.717, 1.165) is 40.7 Å². The Kier molecular flexibility index (Phi) is 7.10. The number of para-hydroxylation sites is 1. The Hall–Kier alpha value is -3.27. The van der Waals surface area contributed by atoms with Crippen molar-refractivity contribution in [3.8, 4) is 11.8 Å². The van der Waals surface area contributed by atoms with Gasteiger partial charge in [-0.3, -0.25) is 9.69 Å². The number of nitrogens with zero attached hydrogens (tertiary/aromatic N) is 3. The highest BCUT2D eigenvalue weighted by Crippen LogP contribution is 2.33. The number of ether oxygens (including phenoxy) is 1. The largest absolute Gasteiger partial charge is 0.496 e. The van der Waals surface area contributed by atoms with Gasteiger partial charge in [0.1, 0.15) is 11.8 Å². The van der Waals surface area contributed by atoms with Crippen molar-refractivity contribution in [2.45, 2.75) is 16.3 Å². The Labute approximate surface area is 193 Å². The first-order valence-electron chi connectivity index (χ1n) is 10.6. The Morgan fingerprint density at radius 2 is 1.59 bits per heavy atom. The third-order valence-corrected chi connectivity index (χ3v) is 6.74. The van der Waals surface area contributed by atoms with Crippen molar-refractivity contribution in [3.05, 3.63) is 89.5 Å². The van der Waals surface area contributed by atoms with Crippen LogP contribution in [0.1, 0.15) is 21.5 Å². The molecular formula is C26H25N3O2S. The van der Waals surface area contributed by atoms with Gasteiger partial charge in [0, 0.05) is 48.1 Å². The Morgan fingerprint density at radius 3 is 2.34 bits per heavy atom. The fourth-order valence-corrected chi connectivity index (χ4v) is 4.87. The molecule has 5 nitrogen and oxygen atoms in total. The minimum Gasteiger partial charge on any atom is -0.496 e. The summed E-state index contributed by atoms with van der Waals surface area (Å²) in [6.07, 6.45) is 0. The summed E-state index contributed by atoms with van der Waals surface area (Å²) in [4.78, 5) is 19.3. The molecule has 0 unspecified atom stereocenters. The van der Waals surface area contributed by atoms with Crippen LogP contribution in [0.4, 0.5) is 0 Å². The minimum atomic E-state index is 0.0412. The molecule has 1 aliphatic rings. The van der Waals surface area contributed by atoms with Crippen LogP contribution in [0.15, 0.2) is 82.6 Å². The SMILES string of the molecule is COc1ccccc1CN1CCN(C(=O)c2ccccc2Sc2ccccc2C#N)CC1. The molecule has 6 heteroatoms. The van der Waals surface area contributed by atoms with E-state index in [4.69, 9.17) is 4.74 Å². The standard InChI is InChI=1S/C26H25N3O2S/c1-31-23-11-5-2-9-21(23)19-28-14-16-29(17-15-28)26(30)22-10-4-7-13-25(22)32-24-12-6-3-8-20(24)18-27/h2-13H,14-17,19H2,1H3. The summed E-state index contributed by atoms with van der Waals surface area (Å²) in [5, 5.41) is 9.39. The van der Waals surface area contributed by atoms with Gasteiger partial charge in [0.2, 0.25) is 0 Å². The molecule has 0 atom stereocenters. The average molecular weight is 444 g/mol. The number of hydrogen-bond donors (Lipinski definition) is 0. The first kappa shape index (κ1) is 21.9. The fraction of sp³-hybridized carbons (Fsp3) is 0.231. The van der Waals surface area contributed by atoms with Crippen LogP contribution in [-0.2, 0) is 6.54 Å². The number of nitriles is 1. The first-order chi connectivity index (χ1) is 15.7. The predicted octanol–water partition coefficient (Wildman–Crippen LogP) is 4.68. The molecular weight excluding hydrogens is 418 g/mol. The summed E-state index contributed by atoms with van der Waals surface area (Å²) < 4.78 is 5.47. The van der Waals surface area contributed by atoms with Gasteiger partial charge in [0.15, 0.2) is 0 Å². The van der Waals surface area contributed by atoms with Gasteiger partial charge < -0.3 is 9.64 Å². The maximum atomic E-state index is 13.3. The lowest BCUT2D eigenvalue weighted by atomic mass is 10.1. The zero-order valence-corrected chi connectivity index (χ0v) is 18.8. The number of rotatable bonds is 6. The topological polar surface area (TPSA) is 56.6 Å². The summed E-state index contributed by atoms with van der Waals surface area (Å²) in [5.41, 5.74) is 2.46. The predicted molar refractivity (Wildman–Crippen MR) is 126 cm³/mol. The molecule has 1 fully saturated rings. The maximum Gasteiger partial charge on any atom is 0.255 e. The maximum absolute atomic E-state index is 13.3. The van der Waals surface area contributed by atoms with E-state index in [2.05, 4.69) is 17.0 Å². The molecule has 0 aromatic heterocycles. The van der Waals surface area contributed by atoms with Crippen molar-refractivity contribution in [2.24, 2.45) is 0 Å². The van der Waals surface area contributed by atoms with Crippen LogP contribution in [0, 0.1) is 11.3 Å². The number of carbonyl (C=O) groups excluding carboxylic acids is 1. The Morgan fingerprint density at radius 1 is 0.938 bits per heavy atom.